The summed E-state index contributed by atoms with van der Waals surface area (Å²) in [6.07, 6.45) is 4.66. The van der Waals surface area contributed by atoms with Crippen LogP contribution in [0.1, 0.15) is 15.2 Å². The Morgan fingerprint density at radius 1 is 1.14 bits per heavy atom. The smallest absolute Gasteiger partial charge is 0.263 e. The Labute approximate surface area is 138 Å². The van der Waals surface area contributed by atoms with E-state index in [1.165, 1.54) is 11.3 Å². The molecule has 112 valence electrons. The molecule has 0 aliphatic rings. The lowest BCUT2D eigenvalue weighted by Crippen LogP contribution is -2.25. The third-order valence-electron chi connectivity index (χ3n) is 3.35. The van der Waals surface area contributed by atoms with Crippen molar-refractivity contribution >= 4 is 28.8 Å². The van der Waals surface area contributed by atoms with Crippen LogP contribution < -0.4 is 5.32 Å². The van der Waals surface area contributed by atoms with Gasteiger partial charge in [-0.15, -0.1) is 11.3 Å². The van der Waals surface area contributed by atoms with Crippen LogP contribution in [0.4, 0.5) is 0 Å². The van der Waals surface area contributed by atoms with E-state index in [2.05, 4.69) is 5.32 Å². The lowest BCUT2D eigenvalue weighted by atomic mass is 10.1. The van der Waals surface area contributed by atoms with Crippen LogP contribution in [0.25, 0.3) is 5.69 Å². The second-order valence-electron chi connectivity index (χ2n) is 4.86. The number of hydrogen-bond donors (Lipinski definition) is 1. The van der Waals surface area contributed by atoms with E-state index >= 15 is 0 Å². The lowest BCUT2D eigenvalue weighted by Gasteiger charge is -2.07. The van der Waals surface area contributed by atoms with Crippen molar-refractivity contribution < 1.29 is 4.79 Å². The number of hydrogen-bond acceptors (Lipinski definition) is 2. The van der Waals surface area contributed by atoms with Gasteiger partial charge >= 0.3 is 0 Å². The number of rotatable bonds is 5. The van der Waals surface area contributed by atoms with Crippen molar-refractivity contribution in [1.82, 2.24) is 9.88 Å². The Kier molecular flexibility index (Phi) is 4.61. The van der Waals surface area contributed by atoms with Crippen LogP contribution in [0, 0.1) is 0 Å². The number of amides is 1. The van der Waals surface area contributed by atoms with Gasteiger partial charge in [-0.3, -0.25) is 4.79 Å². The van der Waals surface area contributed by atoms with Gasteiger partial charge in [0, 0.05) is 24.0 Å². The van der Waals surface area contributed by atoms with Crippen molar-refractivity contribution in [2.45, 2.75) is 6.42 Å². The molecule has 1 N–H and O–H groups in total. The zero-order valence-corrected chi connectivity index (χ0v) is 13.4. The molecule has 0 bridgehead atoms. The largest absolute Gasteiger partial charge is 0.351 e. The molecule has 0 radical (unpaired) electrons. The highest BCUT2D eigenvalue weighted by atomic mass is 35.5. The Morgan fingerprint density at radius 2 is 1.86 bits per heavy atom. The molecule has 3 nitrogen and oxygen atoms in total. The van der Waals surface area contributed by atoms with Crippen LogP contribution in [-0.2, 0) is 6.42 Å². The van der Waals surface area contributed by atoms with Crippen molar-refractivity contribution in [3.63, 3.8) is 0 Å². The number of thiophene rings is 1. The first-order valence-corrected chi connectivity index (χ1v) is 8.23. The molecule has 0 aliphatic heterocycles. The van der Waals surface area contributed by atoms with Crippen molar-refractivity contribution in [2.24, 2.45) is 0 Å². The predicted octanol–water partition coefficient (Wildman–Crippen LogP) is 4.16. The summed E-state index contributed by atoms with van der Waals surface area (Å²) >= 11 is 7.31. The first kappa shape index (κ1) is 14.9. The predicted molar refractivity (Wildman–Crippen MR) is 91.1 cm³/mol. The normalized spacial score (nSPS) is 10.6. The van der Waals surface area contributed by atoms with Crippen molar-refractivity contribution in [1.29, 1.82) is 0 Å². The lowest BCUT2D eigenvalue weighted by molar-refractivity contribution is 0.0958. The Balaban J connectivity index is 1.61. The van der Waals surface area contributed by atoms with Crippen LogP contribution in [0.5, 0.6) is 0 Å². The minimum absolute atomic E-state index is 0.0346. The number of nitrogens with one attached hydrogen (secondary N) is 1. The maximum atomic E-state index is 12.3. The standard InChI is InChI=1S/C17H15ClN2OS/c18-14-5-3-13(4-6-14)7-9-19-17(21)16-15(8-12-22-16)20-10-1-2-11-20/h1-6,8,10-12H,7,9H2,(H,19,21). The molecule has 3 aromatic rings. The Bertz CT molecular complexity index is 747. The number of nitrogens with zero attached hydrogens (tertiary/aromatic N) is 1. The topological polar surface area (TPSA) is 34.0 Å². The molecule has 3 rings (SSSR count). The van der Waals surface area contributed by atoms with E-state index in [0.29, 0.717) is 6.54 Å². The molecule has 0 unspecified atom stereocenters. The monoisotopic (exact) mass is 330 g/mol. The summed E-state index contributed by atoms with van der Waals surface area (Å²) in [7, 11) is 0. The number of aromatic nitrogens is 1. The number of benzene rings is 1. The zero-order valence-electron chi connectivity index (χ0n) is 11.8. The minimum Gasteiger partial charge on any atom is -0.351 e. The van der Waals surface area contributed by atoms with Gasteiger partial charge in [-0.25, -0.2) is 0 Å². The second kappa shape index (κ2) is 6.81. The third kappa shape index (κ3) is 3.40. The molecule has 0 saturated heterocycles. The van der Waals surface area contributed by atoms with Crippen LogP contribution in [0.15, 0.2) is 60.2 Å². The quantitative estimate of drug-likeness (QED) is 0.748. The molecule has 0 saturated carbocycles. The Morgan fingerprint density at radius 3 is 2.59 bits per heavy atom. The van der Waals surface area contributed by atoms with Gasteiger partial charge in [-0.05, 0) is 47.7 Å². The molecule has 2 aromatic heterocycles. The summed E-state index contributed by atoms with van der Waals surface area (Å²) in [5, 5.41) is 5.63. The molecular weight excluding hydrogens is 316 g/mol. The summed E-state index contributed by atoms with van der Waals surface area (Å²) in [5.41, 5.74) is 2.07. The maximum absolute atomic E-state index is 12.3. The molecule has 1 aromatic carbocycles. The highest BCUT2D eigenvalue weighted by molar-refractivity contribution is 7.12. The third-order valence-corrected chi connectivity index (χ3v) is 4.50. The SMILES string of the molecule is O=C(NCCc1ccc(Cl)cc1)c1sccc1-n1cccc1. The van der Waals surface area contributed by atoms with Crippen LogP contribution in [-0.4, -0.2) is 17.0 Å². The Hall–Kier alpha value is -2.04. The molecule has 0 aliphatic carbocycles. The van der Waals surface area contributed by atoms with Gasteiger partial charge in [-0.1, -0.05) is 23.7 Å². The number of halogens is 1. The van der Waals surface area contributed by atoms with Gasteiger partial charge in [0.15, 0.2) is 0 Å². The molecule has 22 heavy (non-hydrogen) atoms. The van der Waals surface area contributed by atoms with E-state index in [9.17, 15) is 4.79 Å². The highest BCUT2D eigenvalue weighted by Crippen LogP contribution is 2.21. The first-order valence-electron chi connectivity index (χ1n) is 6.97. The molecule has 1 amide bonds. The molecular formula is C17H15ClN2OS. The molecule has 2 heterocycles. The van der Waals surface area contributed by atoms with Crippen LogP contribution in [0.3, 0.4) is 0 Å². The van der Waals surface area contributed by atoms with Gasteiger partial charge in [-0.2, -0.15) is 0 Å². The number of carbonyl (C=O) groups excluding carboxylic acids is 1. The average Bonchev–Trinajstić information content (AvgIpc) is 3.19. The van der Waals surface area contributed by atoms with E-state index < -0.39 is 0 Å². The summed E-state index contributed by atoms with van der Waals surface area (Å²) in [6.45, 7) is 0.601. The van der Waals surface area contributed by atoms with E-state index in [1.807, 2.05) is 64.8 Å². The van der Waals surface area contributed by atoms with Crippen LogP contribution >= 0.6 is 22.9 Å². The summed E-state index contributed by atoms with van der Waals surface area (Å²) in [6, 6.07) is 13.5. The number of carbonyl (C=O) groups is 1. The summed E-state index contributed by atoms with van der Waals surface area (Å²) in [5.74, 6) is -0.0346. The first-order chi connectivity index (χ1) is 10.7. The van der Waals surface area contributed by atoms with Gasteiger partial charge < -0.3 is 9.88 Å². The molecule has 0 fully saturated rings. The molecule has 5 heteroatoms. The van der Waals surface area contributed by atoms with E-state index in [-0.39, 0.29) is 5.91 Å². The van der Waals surface area contributed by atoms with Crippen molar-refractivity contribution in [3.8, 4) is 5.69 Å². The fourth-order valence-electron chi connectivity index (χ4n) is 2.22. The van der Waals surface area contributed by atoms with E-state index in [4.69, 9.17) is 11.6 Å². The van der Waals surface area contributed by atoms with E-state index in [1.54, 1.807) is 0 Å². The maximum Gasteiger partial charge on any atom is 0.263 e. The second-order valence-corrected chi connectivity index (χ2v) is 6.21. The van der Waals surface area contributed by atoms with Gasteiger partial charge in [0.05, 0.1) is 5.69 Å². The highest BCUT2D eigenvalue weighted by Gasteiger charge is 2.13. The minimum atomic E-state index is -0.0346. The fraction of sp³-hybridized carbons (Fsp3) is 0.118. The van der Waals surface area contributed by atoms with Gasteiger partial charge in [0.1, 0.15) is 4.88 Å². The zero-order chi connectivity index (χ0) is 15.4. The van der Waals surface area contributed by atoms with E-state index in [0.717, 1.165) is 27.6 Å². The summed E-state index contributed by atoms with van der Waals surface area (Å²) < 4.78 is 1.95. The van der Waals surface area contributed by atoms with Crippen molar-refractivity contribution in [3.05, 3.63) is 75.7 Å². The van der Waals surface area contributed by atoms with Gasteiger partial charge in [0.25, 0.3) is 5.91 Å². The summed E-state index contributed by atoms with van der Waals surface area (Å²) in [4.78, 5) is 13.1. The fourth-order valence-corrected chi connectivity index (χ4v) is 3.15. The molecule has 0 spiro atoms. The van der Waals surface area contributed by atoms with Gasteiger partial charge in [0.2, 0.25) is 0 Å². The van der Waals surface area contributed by atoms with Crippen molar-refractivity contribution in [2.75, 3.05) is 6.54 Å². The molecule has 0 atom stereocenters. The van der Waals surface area contributed by atoms with Crippen LogP contribution in [0.2, 0.25) is 5.02 Å². The average molecular weight is 331 g/mol.